The number of piperazine rings is 1. The van der Waals surface area contributed by atoms with Crippen molar-refractivity contribution in [1.29, 1.82) is 0 Å². The molecule has 11 heteroatoms. The van der Waals surface area contributed by atoms with E-state index in [0.717, 1.165) is 37.4 Å². The maximum absolute atomic E-state index is 12.4. The first kappa shape index (κ1) is 21.9. The van der Waals surface area contributed by atoms with Crippen molar-refractivity contribution < 1.29 is 19.0 Å². The SMILES string of the molecule is O=C(COc1ccc([N+](=O)[O-])cc1)N1CCN(CCCc2nc(-c3cccs3)no2)CC1. The standard InChI is InChI=1S/C21H23N5O5S/c27-20(15-30-17-7-5-16(6-8-17)26(28)29)25-12-10-24(11-13-25)9-1-4-19-22-21(23-31-19)18-3-2-14-32-18/h2-3,5-8,14H,1,4,9-13,15H2. The number of ether oxygens (including phenoxy) is 1. The predicted molar refractivity (Wildman–Crippen MR) is 118 cm³/mol. The molecule has 0 atom stereocenters. The molecule has 10 nitrogen and oxygen atoms in total. The smallest absolute Gasteiger partial charge is 0.269 e. The summed E-state index contributed by atoms with van der Waals surface area (Å²) >= 11 is 1.58. The quantitative estimate of drug-likeness (QED) is 0.356. The Morgan fingerprint density at radius 1 is 1.19 bits per heavy atom. The molecule has 2 aromatic heterocycles. The van der Waals surface area contributed by atoms with E-state index in [-0.39, 0.29) is 18.2 Å². The van der Waals surface area contributed by atoms with Gasteiger partial charge in [-0.05, 0) is 36.5 Å². The summed E-state index contributed by atoms with van der Waals surface area (Å²) in [6, 6.07) is 9.64. The van der Waals surface area contributed by atoms with E-state index in [1.807, 2.05) is 17.5 Å². The lowest BCUT2D eigenvalue weighted by molar-refractivity contribution is -0.384. The number of nitro groups is 1. The van der Waals surface area contributed by atoms with Gasteiger partial charge in [-0.3, -0.25) is 19.8 Å². The number of carbonyl (C=O) groups is 1. The van der Waals surface area contributed by atoms with Crippen LogP contribution in [0.25, 0.3) is 10.7 Å². The fourth-order valence-electron chi connectivity index (χ4n) is 3.44. The molecule has 1 saturated heterocycles. The normalized spacial score (nSPS) is 14.4. The molecule has 0 radical (unpaired) electrons. The summed E-state index contributed by atoms with van der Waals surface area (Å²) in [7, 11) is 0. The van der Waals surface area contributed by atoms with Gasteiger partial charge >= 0.3 is 0 Å². The summed E-state index contributed by atoms with van der Waals surface area (Å²) in [5, 5.41) is 16.7. The highest BCUT2D eigenvalue weighted by atomic mass is 32.1. The molecule has 0 N–H and O–H groups in total. The summed E-state index contributed by atoms with van der Waals surface area (Å²) in [6.07, 6.45) is 1.63. The molecule has 32 heavy (non-hydrogen) atoms. The summed E-state index contributed by atoms with van der Waals surface area (Å²) in [6.45, 7) is 3.71. The zero-order chi connectivity index (χ0) is 22.3. The van der Waals surface area contributed by atoms with Gasteiger partial charge in [-0.25, -0.2) is 0 Å². The Labute approximate surface area is 188 Å². The maximum Gasteiger partial charge on any atom is 0.269 e. The molecule has 1 aliphatic rings. The van der Waals surface area contributed by atoms with E-state index in [1.54, 1.807) is 16.2 Å². The number of nitrogens with zero attached hydrogens (tertiary/aromatic N) is 5. The summed E-state index contributed by atoms with van der Waals surface area (Å²) in [4.78, 5) is 32.2. The molecule has 0 bridgehead atoms. The van der Waals surface area contributed by atoms with Crippen LogP contribution < -0.4 is 4.74 Å². The van der Waals surface area contributed by atoms with Crippen LogP contribution >= 0.6 is 11.3 Å². The Morgan fingerprint density at radius 2 is 1.97 bits per heavy atom. The minimum absolute atomic E-state index is 0.0122. The van der Waals surface area contributed by atoms with E-state index in [4.69, 9.17) is 9.26 Å². The summed E-state index contributed by atoms with van der Waals surface area (Å²) < 4.78 is 10.8. The number of rotatable bonds is 9. The van der Waals surface area contributed by atoms with Crippen molar-refractivity contribution in [1.82, 2.24) is 19.9 Å². The lowest BCUT2D eigenvalue weighted by Gasteiger charge is -2.34. The van der Waals surface area contributed by atoms with E-state index in [1.165, 1.54) is 24.3 Å². The Bertz CT molecular complexity index is 1030. The fraction of sp³-hybridized carbons (Fsp3) is 0.381. The minimum atomic E-state index is -0.473. The van der Waals surface area contributed by atoms with Gasteiger partial charge in [0.05, 0.1) is 9.80 Å². The van der Waals surface area contributed by atoms with Crippen molar-refractivity contribution in [3.05, 3.63) is 57.8 Å². The number of hydrogen-bond acceptors (Lipinski definition) is 9. The highest BCUT2D eigenvalue weighted by Crippen LogP contribution is 2.21. The van der Waals surface area contributed by atoms with Crippen LogP contribution in [0, 0.1) is 10.1 Å². The average Bonchev–Trinajstić information content (AvgIpc) is 3.50. The Morgan fingerprint density at radius 3 is 2.66 bits per heavy atom. The molecule has 3 heterocycles. The molecule has 1 fully saturated rings. The molecule has 1 amide bonds. The van der Waals surface area contributed by atoms with Crippen LogP contribution in [0.3, 0.4) is 0 Å². The largest absolute Gasteiger partial charge is 0.484 e. The third kappa shape index (κ3) is 5.68. The molecular weight excluding hydrogens is 434 g/mol. The molecule has 0 aliphatic carbocycles. The van der Waals surface area contributed by atoms with Gasteiger partial charge in [0.25, 0.3) is 11.6 Å². The topological polar surface area (TPSA) is 115 Å². The van der Waals surface area contributed by atoms with Crippen LogP contribution in [0.4, 0.5) is 5.69 Å². The van der Waals surface area contributed by atoms with Gasteiger partial charge in [-0.1, -0.05) is 11.2 Å². The van der Waals surface area contributed by atoms with Gasteiger partial charge in [-0.15, -0.1) is 11.3 Å². The van der Waals surface area contributed by atoms with Crippen molar-refractivity contribution >= 4 is 22.9 Å². The second kappa shape index (κ2) is 10.3. The van der Waals surface area contributed by atoms with Crippen LogP contribution in [0.15, 0.2) is 46.3 Å². The van der Waals surface area contributed by atoms with Crippen LogP contribution in [-0.2, 0) is 11.2 Å². The van der Waals surface area contributed by atoms with Crippen LogP contribution in [0.2, 0.25) is 0 Å². The summed E-state index contributed by atoms with van der Waals surface area (Å²) in [5.41, 5.74) is -0.0122. The molecule has 1 aromatic carbocycles. The van der Waals surface area contributed by atoms with Gasteiger partial charge < -0.3 is 14.2 Å². The zero-order valence-corrected chi connectivity index (χ0v) is 18.2. The number of nitro benzene ring substituents is 1. The summed E-state index contributed by atoms with van der Waals surface area (Å²) in [5.74, 6) is 1.63. The van der Waals surface area contributed by atoms with E-state index in [9.17, 15) is 14.9 Å². The van der Waals surface area contributed by atoms with Crippen molar-refractivity contribution in [2.45, 2.75) is 12.8 Å². The second-order valence-corrected chi connectivity index (χ2v) is 8.30. The minimum Gasteiger partial charge on any atom is -0.484 e. The van der Waals surface area contributed by atoms with Crippen molar-refractivity contribution in [2.75, 3.05) is 39.3 Å². The number of aryl methyl sites for hydroxylation is 1. The lowest BCUT2D eigenvalue weighted by atomic mass is 10.2. The fourth-order valence-corrected chi connectivity index (χ4v) is 4.09. The van der Waals surface area contributed by atoms with Crippen LogP contribution in [0.5, 0.6) is 5.75 Å². The number of non-ortho nitro benzene ring substituents is 1. The average molecular weight is 458 g/mol. The molecule has 0 saturated carbocycles. The molecule has 3 aromatic rings. The van der Waals surface area contributed by atoms with E-state index in [2.05, 4.69) is 15.0 Å². The number of benzene rings is 1. The molecule has 4 rings (SSSR count). The van der Waals surface area contributed by atoms with Gasteiger partial charge in [0.15, 0.2) is 6.61 Å². The van der Waals surface area contributed by atoms with E-state index in [0.29, 0.717) is 30.6 Å². The van der Waals surface area contributed by atoms with Crippen molar-refractivity contribution in [3.63, 3.8) is 0 Å². The number of carbonyl (C=O) groups excluding carboxylic acids is 1. The third-order valence-electron chi connectivity index (χ3n) is 5.21. The maximum atomic E-state index is 12.4. The molecular formula is C21H23N5O5S. The Hall–Kier alpha value is -3.31. The van der Waals surface area contributed by atoms with Crippen molar-refractivity contribution in [3.8, 4) is 16.5 Å². The highest BCUT2D eigenvalue weighted by Gasteiger charge is 2.21. The lowest BCUT2D eigenvalue weighted by Crippen LogP contribution is -2.50. The van der Waals surface area contributed by atoms with Crippen LogP contribution in [-0.4, -0.2) is 70.1 Å². The first-order valence-electron chi connectivity index (χ1n) is 10.3. The van der Waals surface area contributed by atoms with Gasteiger partial charge in [0.1, 0.15) is 5.75 Å². The third-order valence-corrected chi connectivity index (χ3v) is 6.08. The number of thiophene rings is 1. The predicted octanol–water partition coefficient (Wildman–Crippen LogP) is 2.86. The highest BCUT2D eigenvalue weighted by molar-refractivity contribution is 7.13. The number of amides is 1. The molecule has 1 aliphatic heterocycles. The Balaban J connectivity index is 1.14. The van der Waals surface area contributed by atoms with Crippen molar-refractivity contribution in [2.24, 2.45) is 0 Å². The molecule has 0 unspecified atom stereocenters. The van der Waals surface area contributed by atoms with E-state index < -0.39 is 4.92 Å². The monoisotopic (exact) mass is 457 g/mol. The van der Waals surface area contributed by atoms with Gasteiger partial charge in [-0.2, -0.15) is 4.98 Å². The second-order valence-electron chi connectivity index (χ2n) is 7.35. The number of hydrogen-bond donors (Lipinski definition) is 0. The molecule has 0 spiro atoms. The first-order chi connectivity index (χ1) is 15.6. The van der Waals surface area contributed by atoms with Gasteiger partial charge in [0, 0.05) is 44.7 Å². The Kier molecular flexibility index (Phi) is 7.07. The molecule has 168 valence electrons. The number of aromatic nitrogens is 2. The zero-order valence-electron chi connectivity index (χ0n) is 17.4. The van der Waals surface area contributed by atoms with Gasteiger partial charge in [0.2, 0.25) is 11.7 Å². The van der Waals surface area contributed by atoms with E-state index >= 15 is 0 Å². The first-order valence-corrected chi connectivity index (χ1v) is 11.2. The van der Waals surface area contributed by atoms with Crippen LogP contribution in [0.1, 0.15) is 12.3 Å².